The Balaban J connectivity index is 2.16. The molecule has 5 N–H and O–H groups in total. The molecule has 2 rings (SSSR count). The van der Waals surface area contributed by atoms with Crippen molar-refractivity contribution in [1.82, 2.24) is 15.3 Å². The van der Waals surface area contributed by atoms with Gasteiger partial charge in [0, 0.05) is 18.3 Å². The third-order valence-corrected chi connectivity index (χ3v) is 4.23. The number of anilines is 3. The summed E-state index contributed by atoms with van der Waals surface area (Å²) < 4.78 is 5.24. The van der Waals surface area contributed by atoms with Crippen LogP contribution in [0.15, 0.2) is 24.3 Å². The second-order valence-electron chi connectivity index (χ2n) is 8.74. The van der Waals surface area contributed by atoms with Crippen molar-refractivity contribution in [3.8, 4) is 0 Å². The Morgan fingerprint density at radius 1 is 1.16 bits per heavy atom. The number of rotatable bonds is 9. The SMILES string of the molecule is CCc1nc(C(N)=O)c(Nc2cccc(CCNC(=O)OC(C)(C)C)c2)nc1NC(C)C. The first-order valence-electron chi connectivity index (χ1n) is 10.8. The molecule has 0 atom stereocenters. The highest BCUT2D eigenvalue weighted by Crippen LogP contribution is 2.23. The van der Waals surface area contributed by atoms with Crippen LogP contribution in [0.5, 0.6) is 0 Å². The predicted molar refractivity (Wildman–Crippen MR) is 126 cm³/mol. The van der Waals surface area contributed by atoms with Crippen molar-refractivity contribution in [2.75, 3.05) is 17.2 Å². The quantitative estimate of drug-likeness (QED) is 0.465. The summed E-state index contributed by atoms with van der Waals surface area (Å²) in [6.45, 7) is 11.8. The number of nitrogens with zero attached hydrogens (tertiary/aromatic N) is 2. The molecule has 32 heavy (non-hydrogen) atoms. The first-order chi connectivity index (χ1) is 15.0. The third kappa shape index (κ3) is 7.72. The van der Waals surface area contributed by atoms with Crippen LogP contribution in [0.2, 0.25) is 0 Å². The Bertz CT molecular complexity index is 953. The van der Waals surface area contributed by atoms with Gasteiger partial charge in [0.15, 0.2) is 11.5 Å². The van der Waals surface area contributed by atoms with Gasteiger partial charge in [0.1, 0.15) is 11.4 Å². The van der Waals surface area contributed by atoms with Crippen molar-refractivity contribution in [3.05, 3.63) is 41.2 Å². The normalized spacial score (nSPS) is 11.2. The Morgan fingerprint density at radius 2 is 1.88 bits per heavy atom. The van der Waals surface area contributed by atoms with Crippen LogP contribution in [0.3, 0.4) is 0 Å². The van der Waals surface area contributed by atoms with Crippen LogP contribution in [0.1, 0.15) is 63.3 Å². The van der Waals surface area contributed by atoms with E-state index in [0.717, 1.165) is 11.3 Å². The second kappa shape index (κ2) is 10.8. The van der Waals surface area contributed by atoms with Crippen molar-refractivity contribution < 1.29 is 14.3 Å². The fourth-order valence-corrected chi connectivity index (χ4v) is 2.93. The molecule has 1 aromatic heterocycles. The van der Waals surface area contributed by atoms with Crippen molar-refractivity contribution in [2.24, 2.45) is 5.73 Å². The van der Waals surface area contributed by atoms with Gasteiger partial charge in [-0.3, -0.25) is 4.79 Å². The number of hydrogen-bond acceptors (Lipinski definition) is 7. The highest BCUT2D eigenvalue weighted by Gasteiger charge is 2.18. The zero-order valence-electron chi connectivity index (χ0n) is 19.7. The fourth-order valence-electron chi connectivity index (χ4n) is 2.93. The average molecular weight is 443 g/mol. The highest BCUT2D eigenvalue weighted by molar-refractivity contribution is 5.96. The highest BCUT2D eigenvalue weighted by atomic mass is 16.6. The standard InChI is InChI=1S/C23H34N6O3/c1-7-17-20(26-14(2)3)29-21(18(28-17)19(24)30)27-16-10-8-9-15(13-16)11-12-25-22(31)32-23(4,5)6/h8-10,13-14H,7,11-12H2,1-6H3,(H2,24,30)(H,25,31)(H2,26,27,29). The lowest BCUT2D eigenvalue weighted by Crippen LogP contribution is -2.33. The van der Waals surface area contributed by atoms with Gasteiger partial charge < -0.3 is 26.4 Å². The molecule has 0 radical (unpaired) electrons. The van der Waals surface area contributed by atoms with Crippen LogP contribution in [0, 0.1) is 0 Å². The lowest BCUT2D eigenvalue weighted by molar-refractivity contribution is 0.0528. The minimum atomic E-state index is -0.650. The molecule has 2 aromatic rings. The predicted octanol–water partition coefficient (Wildman–Crippen LogP) is 3.77. The van der Waals surface area contributed by atoms with Crippen LogP contribution >= 0.6 is 0 Å². The largest absolute Gasteiger partial charge is 0.444 e. The molecule has 0 spiro atoms. The molecule has 9 nitrogen and oxygen atoms in total. The molecule has 0 aliphatic carbocycles. The smallest absolute Gasteiger partial charge is 0.407 e. The molecule has 0 saturated heterocycles. The maximum Gasteiger partial charge on any atom is 0.407 e. The first kappa shape index (κ1) is 24.9. The molecule has 0 fully saturated rings. The maximum atomic E-state index is 12.0. The van der Waals surface area contributed by atoms with Gasteiger partial charge >= 0.3 is 6.09 Å². The van der Waals surface area contributed by atoms with E-state index in [9.17, 15) is 9.59 Å². The van der Waals surface area contributed by atoms with Crippen LogP contribution < -0.4 is 21.7 Å². The summed E-state index contributed by atoms with van der Waals surface area (Å²) in [6.07, 6.45) is 0.773. The van der Waals surface area contributed by atoms with Gasteiger partial charge in [-0.2, -0.15) is 0 Å². The van der Waals surface area contributed by atoms with Gasteiger partial charge in [0.25, 0.3) is 5.91 Å². The van der Waals surface area contributed by atoms with Crippen LogP contribution in [-0.4, -0.2) is 40.2 Å². The molecule has 1 heterocycles. The van der Waals surface area contributed by atoms with Crippen LogP contribution in [-0.2, 0) is 17.6 Å². The molecule has 0 saturated carbocycles. The maximum absolute atomic E-state index is 12.0. The van der Waals surface area contributed by atoms with Crippen molar-refractivity contribution >= 4 is 29.3 Å². The summed E-state index contributed by atoms with van der Waals surface area (Å²) >= 11 is 0. The minimum absolute atomic E-state index is 0.0909. The first-order valence-corrected chi connectivity index (χ1v) is 10.8. The molecule has 2 amide bonds. The molecule has 0 bridgehead atoms. The number of carbonyl (C=O) groups is 2. The number of aromatic nitrogens is 2. The van der Waals surface area contributed by atoms with E-state index in [1.54, 1.807) is 0 Å². The Hall–Kier alpha value is -3.36. The Labute approximate surface area is 189 Å². The molecular weight excluding hydrogens is 408 g/mol. The monoisotopic (exact) mass is 442 g/mol. The van der Waals surface area contributed by atoms with Gasteiger partial charge in [0.2, 0.25) is 0 Å². The van der Waals surface area contributed by atoms with Crippen molar-refractivity contribution in [1.29, 1.82) is 0 Å². The number of primary amides is 1. The summed E-state index contributed by atoms with van der Waals surface area (Å²) in [4.78, 5) is 32.8. The van der Waals surface area contributed by atoms with E-state index in [4.69, 9.17) is 10.5 Å². The van der Waals surface area contributed by atoms with E-state index >= 15 is 0 Å². The van der Waals surface area contributed by atoms with E-state index in [-0.39, 0.29) is 11.7 Å². The number of ether oxygens (including phenoxy) is 1. The van der Waals surface area contributed by atoms with E-state index in [1.165, 1.54) is 0 Å². The van der Waals surface area contributed by atoms with Gasteiger partial charge in [-0.05, 0) is 65.2 Å². The number of carbonyl (C=O) groups excluding carboxylic acids is 2. The van der Waals surface area contributed by atoms with Gasteiger partial charge in [-0.25, -0.2) is 14.8 Å². The Kier molecular flexibility index (Phi) is 8.40. The number of nitrogens with one attached hydrogen (secondary N) is 3. The summed E-state index contributed by atoms with van der Waals surface area (Å²) in [5, 5.41) is 9.17. The molecular formula is C23H34N6O3. The Morgan fingerprint density at radius 3 is 2.47 bits per heavy atom. The number of alkyl carbamates (subject to hydrolysis) is 1. The van der Waals surface area contributed by atoms with Crippen LogP contribution in [0.4, 0.5) is 22.1 Å². The second-order valence-corrected chi connectivity index (χ2v) is 8.74. The summed E-state index contributed by atoms with van der Waals surface area (Å²) in [6, 6.07) is 7.78. The topological polar surface area (TPSA) is 131 Å². The molecule has 0 aliphatic heterocycles. The number of benzene rings is 1. The van der Waals surface area contributed by atoms with Gasteiger partial charge in [-0.15, -0.1) is 0 Å². The van der Waals surface area contributed by atoms with Crippen molar-refractivity contribution in [2.45, 2.75) is 66.0 Å². The van der Waals surface area contributed by atoms with Gasteiger partial charge in [0.05, 0.1) is 5.69 Å². The van der Waals surface area contributed by atoms with E-state index in [0.29, 0.717) is 36.7 Å². The molecule has 0 unspecified atom stereocenters. The van der Waals surface area contributed by atoms with E-state index in [1.807, 2.05) is 65.8 Å². The number of aryl methyl sites for hydroxylation is 1. The average Bonchev–Trinajstić information content (AvgIpc) is 2.66. The van der Waals surface area contributed by atoms with E-state index < -0.39 is 17.6 Å². The lowest BCUT2D eigenvalue weighted by atomic mass is 10.1. The molecule has 1 aromatic carbocycles. The van der Waals surface area contributed by atoms with E-state index in [2.05, 4.69) is 25.9 Å². The molecule has 174 valence electrons. The molecule has 0 aliphatic rings. The zero-order valence-corrected chi connectivity index (χ0v) is 19.7. The molecule has 9 heteroatoms. The lowest BCUT2D eigenvalue weighted by Gasteiger charge is -2.19. The summed E-state index contributed by atoms with van der Waals surface area (Å²) in [5.41, 5.74) is 7.51. The third-order valence-electron chi connectivity index (χ3n) is 4.23. The fraction of sp³-hybridized carbons (Fsp3) is 0.478. The number of amides is 2. The summed E-state index contributed by atoms with van der Waals surface area (Å²) in [7, 11) is 0. The summed E-state index contributed by atoms with van der Waals surface area (Å²) in [5.74, 6) is 0.262. The minimum Gasteiger partial charge on any atom is -0.444 e. The van der Waals surface area contributed by atoms with Crippen LogP contribution in [0.25, 0.3) is 0 Å². The zero-order chi connectivity index (χ0) is 23.9. The van der Waals surface area contributed by atoms with Crippen molar-refractivity contribution in [3.63, 3.8) is 0 Å². The number of nitrogens with two attached hydrogens (primary N) is 1. The van der Waals surface area contributed by atoms with Gasteiger partial charge in [-0.1, -0.05) is 19.1 Å². The number of hydrogen-bond donors (Lipinski definition) is 4.